The Morgan fingerprint density at radius 2 is 1.91 bits per heavy atom. The summed E-state index contributed by atoms with van der Waals surface area (Å²) in [5, 5.41) is 0. The number of hydrogen-bond donors (Lipinski definition) is 0. The SMILES string of the molecule is B[C@@H]1C[C@@H]2C[C@@H]([C@@H]1C)C2(C)C. The first-order valence-electron chi connectivity index (χ1n) is 5.03. The van der Waals surface area contributed by atoms with E-state index in [9.17, 15) is 0 Å². The fraction of sp³-hybridized carbons (Fsp3) is 1.00. The second-order valence-electron chi connectivity index (χ2n) is 5.43. The smallest absolute Gasteiger partial charge is 0.0666 e. The van der Waals surface area contributed by atoms with Gasteiger partial charge in [-0.15, -0.1) is 0 Å². The van der Waals surface area contributed by atoms with E-state index in [0.29, 0.717) is 5.41 Å². The Kier molecular flexibility index (Phi) is 1.44. The first-order chi connectivity index (χ1) is 5.03. The number of fused-ring (bicyclic) bond motifs is 2. The van der Waals surface area contributed by atoms with Gasteiger partial charge in [0.25, 0.3) is 0 Å². The second kappa shape index (κ2) is 2.05. The molecule has 0 N–H and O–H groups in total. The summed E-state index contributed by atoms with van der Waals surface area (Å²) >= 11 is 0. The average Bonchev–Trinajstić information content (AvgIpc) is 1.93. The molecule has 3 fully saturated rings. The van der Waals surface area contributed by atoms with Crippen molar-refractivity contribution in [3.8, 4) is 0 Å². The molecule has 11 heavy (non-hydrogen) atoms. The third kappa shape index (κ3) is 0.831. The van der Waals surface area contributed by atoms with E-state index in [-0.39, 0.29) is 0 Å². The molecule has 0 aliphatic heterocycles. The molecule has 0 unspecified atom stereocenters. The van der Waals surface area contributed by atoms with E-state index in [4.69, 9.17) is 0 Å². The van der Waals surface area contributed by atoms with Crippen molar-refractivity contribution in [1.29, 1.82) is 0 Å². The van der Waals surface area contributed by atoms with Crippen molar-refractivity contribution in [3.05, 3.63) is 0 Å². The van der Waals surface area contributed by atoms with Crippen molar-refractivity contribution in [2.24, 2.45) is 23.2 Å². The molecule has 3 saturated carbocycles. The van der Waals surface area contributed by atoms with E-state index in [1.807, 2.05) is 0 Å². The van der Waals surface area contributed by atoms with Crippen LogP contribution in [0.3, 0.4) is 0 Å². The minimum absolute atomic E-state index is 0.686. The van der Waals surface area contributed by atoms with Crippen LogP contribution in [0.2, 0.25) is 5.82 Å². The van der Waals surface area contributed by atoms with Crippen LogP contribution in [0, 0.1) is 23.2 Å². The van der Waals surface area contributed by atoms with Gasteiger partial charge in [0.05, 0.1) is 0 Å². The standard InChI is InChI=1S/C10H19B/c1-6-8-4-7(5-9(6)11)10(8,2)3/h6-9H,4-5,11H2,1-3H3/t6-,7-,8-,9+/m0/s1. The lowest BCUT2D eigenvalue weighted by Crippen LogP contribution is -2.53. The lowest BCUT2D eigenvalue weighted by molar-refractivity contribution is -0.0979. The predicted molar refractivity (Wildman–Crippen MR) is 51.5 cm³/mol. The molecule has 2 bridgehead atoms. The zero-order valence-corrected chi connectivity index (χ0v) is 8.22. The fourth-order valence-corrected chi connectivity index (χ4v) is 3.41. The molecule has 3 aliphatic carbocycles. The Morgan fingerprint density at radius 1 is 1.27 bits per heavy atom. The van der Waals surface area contributed by atoms with Crippen LogP contribution in [-0.2, 0) is 0 Å². The van der Waals surface area contributed by atoms with Gasteiger partial charge in [-0.3, -0.25) is 0 Å². The molecule has 0 amide bonds. The molecule has 3 rings (SSSR count). The van der Waals surface area contributed by atoms with Gasteiger partial charge in [0.1, 0.15) is 7.85 Å². The van der Waals surface area contributed by atoms with Gasteiger partial charge in [0.2, 0.25) is 0 Å². The zero-order chi connectivity index (χ0) is 8.22. The van der Waals surface area contributed by atoms with Crippen LogP contribution in [0.1, 0.15) is 33.6 Å². The Balaban J connectivity index is 2.17. The zero-order valence-electron chi connectivity index (χ0n) is 8.22. The molecule has 62 valence electrons. The van der Waals surface area contributed by atoms with Gasteiger partial charge in [0.15, 0.2) is 0 Å². The van der Waals surface area contributed by atoms with Crippen LogP contribution in [0.4, 0.5) is 0 Å². The highest BCUT2D eigenvalue weighted by Crippen LogP contribution is 2.63. The van der Waals surface area contributed by atoms with Crippen molar-refractivity contribution >= 4 is 7.85 Å². The molecule has 0 saturated heterocycles. The van der Waals surface area contributed by atoms with Crippen molar-refractivity contribution in [2.45, 2.75) is 39.4 Å². The highest BCUT2D eigenvalue weighted by molar-refractivity contribution is 6.12. The van der Waals surface area contributed by atoms with E-state index < -0.39 is 0 Å². The summed E-state index contributed by atoms with van der Waals surface area (Å²) in [5.74, 6) is 4.07. The van der Waals surface area contributed by atoms with Crippen molar-refractivity contribution in [3.63, 3.8) is 0 Å². The summed E-state index contributed by atoms with van der Waals surface area (Å²) in [6, 6.07) is 0. The van der Waals surface area contributed by atoms with Crippen molar-refractivity contribution in [1.82, 2.24) is 0 Å². The van der Waals surface area contributed by atoms with Gasteiger partial charge in [-0.2, -0.15) is 0 Å². The van der Waals surface area contributed by atoms with E-state index in [1.165, 1.54) is 12.8 Å². The van der Waals surface area contributed by atoms with Crippen LogP contribution in [0.15, 0.2) is 0 Å². The Bertz CT molecular complexity index is 174. The second-order valence-corrected chi connectivity index (χ2v) is 5.43. The molecule has 0 nitrogen and oxygen atoms in total. The first kappa shape index (κ1) is 7.70. The molecule has 3 aliphatic rings. The van der Waals surface area contributed by atoms with Crippen molar-refractivity contribution in [2.75, 3.05) is 0 Å². The van der Waals surface area contributed by atoms with E-state index in [0.717, 1.165) is 23.6 Å². The number of rotatable bonds is 0. The third-order valence-corrected chi connectivity index (χ3v) is 4.73. The van der Waals surface area contributed by atoms with Crippen LogP contribution in [0.5, 0.6) is 0 Å². The molecule has 0 spiro atoms. The highest BCUT2D eigenvalue weighted by atomic mass is 14.6. The van der Waals surface area contributed by atoms with E-state index in [2.05, 4.69) is 28.6 Å². The van der Waals surface area contributed by atoms with Crippen LogP contribution < -0.4 is 0 Å². The van der Waals surface area contributed by atoms with Crippen LogP contribution in [0.25, 0.3) is 0 Å². The molecule has 0 heterocycles. The maximum Gasteiger partial charge on any atom is 0.105 e. The summed E-state index contributed by atoms with van der Waals surface area (Å²) in [5.41, 5.74) is 0.686. The Morgan fingerprint density at radius 3 is 2.27 bits per heavy atom. The molecule has 0 aromatic heterocycles. The highest BCUT2D eigenvalue weighted by Gasteiger charge is 2.54. The third-order valence-electron chi connectivity index (χ3n) is 4.73. The molecular formula is C10H19B. The first-order valence-corrected chi connectivity index (χ1v) is 5.03. The number of hydrogen-bond acceptors (Lipinski definition) is 0. The average molecular weight is 150 g/mol. The summed E-state index contributed by atoms with van der Waals surface area (Å²) in [4.78, 5) is 0. The van der Waals surface area contributed by atoms with Gasteiger partial charge in [0, 0.05) is 0 Å². The predicted octanol–water partition coefficient (Wildman–Crippen LogP) is 2.11. The summed E-state index contributed by atoms with van der Waals surface area (Å²) in [6.07, 6.45) is 3.02. The Hall–Kier alpha value is 0.0649. The van der Waals surface area contributed by atoms with Gasteiger partial charge < -0.3 is 0 Å². The largest absolute Gasteiger partial charge is 0.105 e. The molecule has 1 heteroatoms. The van der Waals surface area contributed by atoms with Gasteiger partial charge in [-0.1, -0.05) is 33.0 Å². The minimum Gasteiger partial charge on any atom is -0.0666 e. The van der Waals surface area contributed by atoms with Gasteiger partial charge in [-0.25, -0.2) is 0 Å². The van der Waals surface area contributed by atoms with Crippen LogP contribution in [-0.4, -0.2) is 7.85 Å². The summed E-state index contributed by atoms with van der Waals surface area (Å²) in [6.45, 7) is 7.38. The molecule has 0 aromatic carbocycles. The fourth-order valence-electron chi connectivity index (χ4n) is 3.41. The lowest BCUT2D eigenvalue weighted by atomic mass is 9.41. The van der Waals surface area contributed by atoms with E-state index >= 15 is 0 Å². The normalized spacial score (nSPS) is 53.4. The topological polar surface area (TPSA) is 0 Å². The van der Waals surface area contributed by atoms with Crippen LogP contribution >= 0.6 is 0 Å². The van der Waals surface area contributed by atoms with Gasteiger partial charge >= 0.3 is 0 Å². The van der Waals surface area contributed by atoms with E-state index in [1.54, 1.807) is 0 Å². The van der Waals surface area contributed by atoms with Crippen molar-refractivity contribution < 1.29 is 0 Å². The monoisotopic (exact) mass is 150 g/mol. The Labute approximate surface area is 71.2 Å². The molecule has 0 radical (unpaired) electrons. The summed E-state index contributed by atoms with van der Waals surface area (Å²) < 4.78 is 0. The summed E-state index contributed by atoms with van der Waals surface area (Å²) in [7, 11) is 2.43. The lowest BCUT2D eigenvalue weighted by Gasteiger charge is -2.62. The quantitative estimate of drug-likeness (QED) is 0.464. The maximum absolute atomic E-state index is 2.47. The van der Waals surface area contributed by atoms with Gasteiger partial charge in [-0.05, 0) is 29.6 Å². The minimum atomic E-state index is 0.686. The maximum atomic E-state index is 2.47. The molecular weight excluding hydrogens is 131 g/mol. The molecule has 0 aromatic rings. The molecule has 4 atom stereocenters.